The van der Waals surface area contributed by atoms with Crippen molar-refractivity contribution in [3.8, 4) is 0 Å². The van der Waals surface area contributed by atoms with Crippen LogP contribution >= 0.6 is 23.3 Å². The van der Waals surface area contributed by atoms with E-state index in [9.17, 15) is 23.8 Å². The van der Waals surface area contributed by atoms with E-state index >= 15 is 0 Å². The second kappa shape index (κ2) is 12.7. The molecule has 11 heteroatoms. The van der Waals surface area contributed by atoms with Crippen LogP contribution in [0.25, 0.3) is 0 Å². The molecule has 9 nitrogen and oxygen atoms in total. The number of benzene rings is 2. The molecule has 2 aromatic carbocycles. The predicted octanol–water partition coefficient (Wildman–Crippen LogP) is 3.74. The molecule has 0 fully saturated rings. The molecule has 0 aromatic heterocycles. The van der Waals surface area contributed by atoms with Crippen molar-refractivity contribution < 1.29 is 33.7 Å². The van der Waals surface area contributed by atoms with Gasteiger partial charge in [0.15, 0.2) is 0 Å². The SMILES string of the molecule is C[C@H](NC(=O)[C@H](Cc1ccc(Br)cc1)CP(=O)(O)[C@H](C)NC(=O)OCc1ccccc1)C(=O)O. The largest absolute Gasteiger partial charge is 0.480 e. The lowest BCUT2D eigenvalue weighted by Crippen LogP contribution is -2.44. The molecule has 0 aliphatic rings. The molecule has 1 unspecified atom stereocenters. The highest BCUT2D eigenvalue weighted by atomic mass is 79.9. The number of amides is 2. The number of carbonyl (C=O) groups excluding carboxylic acids is 2. The summed E-state index contributed by atoms with van der Waals surface area (Å²) in [6.45, 7) is 2.66. The number of carboxylic acid groups (broad SMARTS) is 1. The summed E-state index contributed by atoms with van der Waals surface area (Å²) in [6, 6.07) is 14.9. The summed E-state index contributed by atoms with van der Waals surface area (Å²) in [7, 11) is -4.09. The van der Waals surface area contributed by atoms with Crippen molar-refractivity contribution in [3.05, 3.63) is 70.2 Å². The third-order valence-corrected chi connectivity index (χ3v) is 7.95. The number of halogens is 1. The molecular weight excluding hydrogens is 527 g/mol. The Hall–Kier alpha value is -2.68. The fraction of sp³-hybridized carbons (Fsp3) is 0.348. The van der Waals surface area contributed by atoms with Crippen LogP contribution in [-0.2, 0) is 31.9 Å². The van der Waals surface area contributed by atoms with Gasteiger partial charge in [0, 0.05) is 10.6 Å². The van der Waals surface area contributed by atoms with Gasteiger partial charge in [0.25, 0.3) is 0 Å². The predicted molar refractivity (Wildman–Crippen MR) is 130 cm³/mol. The second-order valence-corrected chi connectivity index (χ2v) is 11.5. The van der Waals surface area contributed by atoms with E-state index in [0.717, 1.165) is 15.6 Å². The van der Waals surface area contributed by atoms with Crippen LogP contribution in [0, 0.1) is 5.92 Å². The van der Waals surface area contributed by atoms with E-state index in [0.29, 0.717) is 0 Å². The van der Waals surface area contributed by atoms with Crippen LogP contribution in [0.4, 0.5) is 4.79 Å². The number of nitrogens with one attached hydrogen (secondary N) is 2. The maximum Gasteiger partial charge on any atom is 0.408 e. The molecule has 4 N–H and O–H groups in total. The Balaban J connectivity index is 2.07. The molecule has 0 radical (unpaired) electrons. The van der Waals surface area contributed by atoms with Gasteiger partial charge in [0.2, 0.25) is 13.3 Å². The molecule has 4 atom stereocenters. The Morgan fingerprint density at radius 1 is 1.00 bits per heavy atom. The monoisotopic (exact) mass is 554 g/mol. The number of aliphatic carboxylic acids is 1. The maximum atomic E-state index is 13.1. The summed E-state index contributed by atoms with van der Waals surface area (Å²) in [5, 5.41) is 13.8. The molecule has 2 aromatic rings. The molecule has 2 amide bonds. The molecule has 0 saturated carbocycles. The molecule has 0 aliphatic heterocycles. The van der Waals surface area contributed by atoms with Crippen LogP contribution < -0.4 is 10.6 Å². The first kappa shape index (κ1) is 27.6. The van der Waals surface area contributed by atoms with Gasteiger partial charge < -0.3 is 25.4 Å². The van der Waals surface area contributed by atoms with Gasteiger partial charge in [0.1, 0.15) is 18.4 Å². The third-order valence-electron chi connectivity index (χ3n) is 5.12. The van der Waals surface area contributed by atoms with Crippen LogP contribution in [0.3, 0.4) is 0 Å². The minimum atomic E-state index is -4.09. The standard InChI is InChI=1S/C23H28BrN2O7P/c1-15(22(28)29)25-21(27)19(12-17-8-10-20(24)11-9-17)14-34(31,32)16(2)26-23(30)33-13-18-6-4-3-5-7-18/h3-11,15-16,19H,12-14H2,1-2H3,(H,25,27)(H,26,30)(H,28,29)(H,31,32)/t15-,16+,19+/m0/s1. The summed E-state index contributed by atoms with van der Waals surface area (Å²) in [5.41, 5.74) is 1.49. The molecule has 0 bridgehead atoms. The fourth-order valence-corrected chi connectivity index (χ4v) is 4.86. The van der Waals surface area contributed by atoms with Gasteiger partial charge in [-0.05, 0) is 43.5 Å². The minimum absolute atomic E-state index is 0.00318. The van der Waals surface area contributed by atoms with Crippen molar-refractivity contribution in [1.82, 2.24) is 10.6 Å². The lowest BCUT2D eigenvalue weighted by molar-refractivity contribution is -0.141. The van der Waals surface area contributed by atoms with E-state index in [1.807, 2.05) is 6.07 Å². The Labute approximate surface area is 206 Å². The zero-order chi connectivity index (χ0) is 25.3. The Morgan fingerprint density at radius 2 is 1.62 bits per heavy atom. The van der Waals surface area contributed by atoms with E-state index in [1.54, 1.807) is 48.5 Å². The van der Waals surface area contributed by atoms with Crippen LogP contribution in [0.2, 0.25) is 0 Å². The molecule has 34 heavy (non-hydrogen) atoms. The van der Waals surface area contributed by atoms with E-state index in [2.05, 4.69) is 26.6 Å². The molecular formula is C23H28BrN2O7P. The van der Waals surface area contributed by atoms with E-state index in [-0.39, 0.29) is 13.0 Å². The van der Waals surface area contributed by atoms with Gasteiger partial charge in [-0.25, -0.2) is 4.79 Å². The van der Waals surface area contributed by atoms with Crippen molar-refractivity contribution in [2.24, 2.45) is 5.92 Å². The van der Waals surface area contributed by atoms with Crippen molar-refractivity contribution in [1.29, 1.82) is 0 Å². The lowest BCUT2D eigenvalue weighted by atomic mass is 10.00. The smallest absolute Gasteiger partial charge is 0.408 e. The van der Waals surface area contributed by atoms with Crippen LogP contribution in [-0.4, -0.2) is 46.0 Å². The summed E-state index contributed by atoms with van der Waals surface area (Å²) >= 11 is 3.33. The van der Waals surface area contributed by atoms with Crippen LogP contribution in [0.15, 0.2) is 59.1 Å². The van der Waals surface area contributed by atoms with E-state index < -0.39 is 49.2 Å². The second-order valence-electron chi connectivity index (χ2n) is 7.92. The number of hydrogen-bond donors (Lipinski definition) is 4. The van der Waals surface area contributed by atoms with Gasteiger partial charge in [-0.2, -0.15) is 0 Å². The number of hydrogen-bond acceptors (Lipinski definition) is 5. The molecule has 2 rings (SSSR count). The highest BCUT2D eigenvalue weighted by Gasteiger charge is 2.35. The minimum Gasteiger partial charge on any atom is -0.480 e. The van der Waals surface area contributed by atoms with Crippen molar-refractivity contribution in [2.45, 2.75) is 38.7 Å². The molecule has 0 aliphatic carbocycles. The highest BCUT2D eigenvalue weighted by molar-refractivity contribution is 9.10. The normalized spacial score (nSPS) is 15.3. The summed E-state index contributed by atoms with van der Waals surface area (Å²) in [4.78, 5) is 46.7. The van der Waals surface area contributed by atoms with Crippen molar-refractivity contribution in [3.63, 3.8) is 0 Å². The zero-order valence-electron chi connectivity index (χ0n) is 18.8. The van der Waals surface area contributed by atoms with Gasteiger partial charge in [-0.1, -0.05) is 58.4 Å². The zero-order valence-corrected chi connectivity index (χ0v) is 21.3. The van der Waals surface area contributed by atoms with Gasteiger partial charge >= 0.3 is 12.1 Å². The van der Waals surface area contributed by atoms with Crippen molar-refractivity contribution in [2.75, 3.05) is 6.16 Å². The average Bonchev–Trinajstić information content (AvgIpc) is 2.79. The lowest BCUT2D eigenvalue weighted by Gasteiger charge is -2.25. The Bertz CT molecular complexity index is 1030. The summed E-state index contributed by atoms with van der Waals surface area (Å²) in [5.74, 6) is -4.07. The molecule has 0 spiro atoms. The first-order valence-electron chi connectivity index (χ1n) is 10.5. The highest BCUT2D eigenvalue weighted by Crippen LogP contribution is 2.47. The first-order chi connectivity index (χ1) is 16.0. The number of ether oxygens (including phenoxy) is 1. The fourth-order valence-electron chi connectivity index (χ4n) is 3.05. The first-order valence-corrected chi connectivity index (χ1v) is 13.2. The van der Waals surface area contributed by atoms with Gasteiger partial charge in [-0.3, -0.25) is 14.2 Å². The third kappa shape index (κ3) is 8.93. The van der Waals surface area contributed by atoms with E-state index in [4.69, 9.17) is 9.84 Å². The van der Waals surface area contributed by atoms with E-state index in [1.165, 1.54) is 13.8 Å². The molecule has 184 valence electrons. The molecule has 0 heterocycles. The maximum absolute atomic E-state index is 13.1. The van der Waals surface area contributed by atoms with Crippen molar-refractivity contribution >= 4 is 41.3 Å². The number of rotatable bonds is 11. The number of carbonyl (C=O) groups is 3. The summed E-state index contributed by atoms with van der Waals surface area (Å²) in [6.07, 6.45) is -1.21. The number of carboxylic acids is 1. The quantitative estimate of drug-likeness (QED) is 0.310. The van der Waals surface area contributed by atoms with Crippen LogP contribution in [0.5, 0.6) is 0 Å². The average molecular weight is 555 g/mol. The van der Waals surface area contributed by atoms with Gasteiger partial charge in [0.05, 0.1) is 5.92 Å². The molecule has 0 saturated heterocycles. The van der Waals surface area contributed by atoms with Gasteiger partial charge in [-0.15, -0.1) is 0 Å². The Kier molecular flexibility index (Phi) is 10.3. The Morgan fingerprint density at radius 3 is 2.21 bits per heavy atom. The van der Waals surface area contributed by atoms with Crippen LogP contribution in [0.1, 0.15) is 25.0 Å². The topological polar surface area (TPSA) is 142 Å². The summed E-state index contributed by atoms with van der Waals surface area (Å²) < 4.78 is 19.0. The number of alkyl carbamates (subject to hydrolysis) is 1.